The van der Waals surface area contributed by atoms with Gasteiger partial charge in [-0.25, -0.2) is 9.97 Å². The third-order valence-corrected chi connectivity index (χ3v) is 6.29. The smallest absolute Gasteiger partial charge is 0.231 e. The van der Waals surface area contributed by atoms with E-state index in [9.17, 15) is 0 Å². The highest BCUT2D eigenvalue weighted by Crippen LogP contribution is 2.33. The fourth-order valence-electron chi connectivity index (χ4n) is 4.20. The summed E-state index contributed by atoms with van der Waals surface area (Å²) in [6.45, 7) is 4.13. The van der Waals surface area contributed by atoms with Crippen LogP contribution in [0.15, 0.2) is 53.2 Å². The second-order valence-electron chi connectivity index (χ2n) is 7.79. The van der Waals surface area contributed by atoms with Gasteiger partial charge in [0.15, 0.2) is 28.0 Å². The summed E-state index contributed by atoms with van der Waals surface area (Å²) in [5.41, 5.74) is 3.53. The number of anilines is 1. The van der Waals surface area contributed by atoms with Crippen LogP contribution in [0, 0.1) is 0 Å². The molecule has 0 bridgehead atoms. The van der Waals surface area contributed by atoms with E-state index in [2.05, 4.69) is 25.1 Å². The Labute approximate surface area is 206 Å². The Hall–Kier alpha value is -3.11. The molecular formula is C23H22BrN5O3S. The highest BCUT2D eigenvalue weighted by molar-refractivity contribution is 8.93. The van der Waals surface area contributed by atoms with Crippen molar-refractivity contribution in [1.82, 2.24) is 20.2 Å². The lowest BCUT2D eigenvalue weighted by molar-refractivity contribution is 0.174. The molecule has 0 unspecified atom stereocenters. The molecule has 1 N–H and O–H groups in total. The van der Waals surface area contributed by atoms with E-state index >= 15 is 0 Å². The fourth-order valence-corrected chi connectivity index (χ4v) is 4.45. The number of furan rings is 1. The van der Waals surface area contributed by atoms with Crippen molar-refractivity contribution in [1.29, 1.82) is 0 Å². The molecule has 170 valence electrons. The number of ether oxygens (including phenoxy) is 2. The Morgan fingerprint density at radius 2 is 1.82 bits per heavy atom. The van der Waals surface area contributed by atoms with Crippen molar-refractivity contribution in [2.45, 2.75) is 6.54 Å². The zero-order chi connectivity index (χ0) is 21.5. The lowest BCUT2D eigenvalue weighted by atomic mass is 10.2. The number of aromatic nitrogens is 2. The van der Waals surface area contributed by atoms with E-state index in [0.29, 0.717) is 6.54 Å². The summed E-state index contributed by atoms with van der Waals surface area (Å²) in [6, 6.07) is 13.9. The van der Waals surface area contributed by atoms with Gasteiger partial charge < -0.3 is 29.0 Å². The number of halogens is 1. The maximum Gasteiger partial charge on any atom is 0.231 e. The van der Waals surface area contributed by atoms with Gasteiger partial charge in [-0.3, -0.25) is 0 Å². The molecule has 0 spiro atoms. The lowest BCUT2D eigenvalue weighted by Gasteiger charge is -2.36. The third-order valence-electron chi connectivity index (χ3n) is 5.89. The van der Waals surface area contributed by atoms with E-state index in [-0.39, 0.29) is 23.8 Å². The molecular weight excluding hydrogens is 506 g/mol. The number of benzene rings is 2. The summed E-state index contributed by atoms with van der Waals surface area (Å²) < 4.78 is 16.9. The van der Waals surface area contributed by atoms with Crippen molar-refractivity contribution in [3.63, 3.8) is 0 Å². The van der Waals surface area contributed by atoms with Crippen molar-refractivity contribution in [2.75, 3.05) is 37.9 Å². The van der Waals surface area contributed by atoms with Gasteiger partial charge in [0.2, 0.25) is 6.79 Å². The normalized spacial score (nSPS) is 15.0. The third kappa shape index (κ3) is 4.04. The van der Waals surface area contributed by atoms with Crippen molar-refractivity contribution in [3.8, 4) is 11.5 Å². The Bertz CT molecular complexity index is 1320. The number of nitrogens with zero attached hydrogens (tertiary/aromatic N) is 4. The zero-order valence-electron chi connectivity index (χ0n) is 17.7. The molecule has 0 amide bonds. The standard InChI is InChI=1S/C23H21N5O3S.BrH/c32-23(24-12-15-5-6-18-19(11-15)30-14-29-18)28-9-7-27(8-10-28)22-21-20(25-13-26-22)16-3-1-2-4-17(16)31-21;/h1-6,11,13H,7-10,12,14H2,(H,24,32);1H. The molecule has 2 aliphatic rings. The summed E-state index contributed by atoms with van der Waals surface area (Å²) in [6.07, 6.45) is 1.61. The van der Waals surface area contributed by atoms with Gasteiger partial charge in [-0.15, -0.1) is 17.0 Å². The Balaban J connectivity index is 0.00000228. The maximum atomic E-state index is 6.09. The fraction of sp³-hybridized carbons (Fsp3) is 0.261. The highest BCUT2D eigenvalue weighted by Gasteiger charge is 2.24. The van der Waals surface area contributed by atoms with Crippen LogP contribution in [0.1, 0.15) is 5.56 Å². The van der Waals surface area contributed by atoms with E-state index in [1.807, 2.05) is 42.5 Å². The van der Waals surface area contributed by atoms with Gasteiger partial charge in [-0.2, -0.15) is 0 Å². The highest BCUT2D eigenvalue weighted by atomic mass is 79.9. The largest absolute Gasteiger partial charge is 0.454 e. The van der Waals surface area contributed by atoms with Gasteiger partial charge in [0.25, 0.3) is 0 Å². The predicted molar refractivity (Wildman–Crippen MR) is 135 cm³/mol. The second kappa shape index (κ2) is 9.03. The summed E-state index contributed by atoms with van der Waals surface area (Å²) in [5.74, 6) is 2.41. The molecule has 0 saturated carbocycles. The summed E-state index contributed by atoms with van der Waals surface area (Å²) in [7, 11) is 0. The van der Waals surface area contributed by atoms with Crippen LogP contribution in [-0.2, 0) is 6.54 Å². The first-order valence-electron chi connectivity index (χ1n) is 10.5. The SMILES string of the molecule is Br.S=C(NCc1ccc2c(c1)OCO2)N1CCN(c2ncnc3c2oc2ccccc23)CC1. The van der Waals surface area contributed by atoms with Crippen LogP contribution >= 0.6 is 29.2 Å². The summed E-state index contributed by atoms with van der Waals surface area (Å²) >= 11 is 5.64. The van der Waals surface area contributed by atoms with Gasteiger partial charge in [-0.05, 0) is 42.0 Å². The van der Waals surface area contributed by atoms with Crippen molar-refractivity contribution in [2.24, 2.45) is 0 Å². The quantitative estimate of drug-likeness (QED) is 0.399. The van der Waals surface area contributed by atoms with Crippen molar-refractivity contribution >= 4 is 62.2 Å². The Kier molecular flexibility index (Phi) is 5.94. The average molecular weight is 528 g/mol. The Morgan fingerprint density at radius 3 is 2.70 bits per heavy atom. The van der Waals surface area contributed by atoms with Gasteiger partial charge >= 0.3 is 0 Å². The van der Waals surface area contributed by atoms with Crippen LogP contribution in [0.3, 0.4) is 0 Å². The minimum Gasteiger partial charge on any atom is -0.454 e. The van der Waals surface area contributed by atoms with Gasteiger partial charge in [0, 0.05) is 38.1 Å². The number of hydrogen-bond acceptors (Lipinski definition) is 7. The van der Waals surface area contributed by atoms with Crippen LogP contribution in [0.4, 0.5) is 5.82 Å². The van der Waals surface area contributed by atoms with Crippen LogP contribution in [0.5, 0.6) is 11.5 Å². The monoisotopic (exact) mass is 527 g/mol. The number of thiocarbonyl (C=S) groups is 1. The van der Waals surface area contributed by atoms with Crippen LogP contribution in [0.2, 0.25) is 0 Å². The van der Waals surface area contributed by atoms with Gasteiger partial charge in [-0.1, -0.05) is 18.2 Å². The maximum absolute atomic E-state index is 6.09. The average Bonchev–Trinajstić information content (AvgIpc) is 3.46. The predicted octanol–water partition coefficient (Wildman–Crippen LogP) is 3.88. The number of rotatable bonds is 3. The lowest BCUT2D eigenvalue weighted by Crippen LogP contribution is -2.51. The number of piperazine rings is 1. The topological polar surface area (TPSA) is 75.9 Å². The molecule has 10 heteroatoms. The molecule has 1 saturated heterocycles. The van der Waals surface area contributed by atoms with Crippen molar-refractivity contribution < 1.29 is 13.9 Å². The molecule has 1 fully saturated rings. The van der Waals surface area contributed by atoms with E-state index in [1.165, 1.54) is 0 Å². The molecule has 33 heavy (non-hydrogen) atoms. The first kappa shape index (κ1) is 21.7. The number of fused-ring (bicyclic) bond motifs is 4. The first-order valence-corrected chi connectivity index (χ1v) is 11.0. The molecule has 0 radical (unpaired) electrons. The van der Waals surface area contributed by atoms with Crippen LogP contribution in [-0.4, -0.2) is 53.0 Å². The minimum atomic E-state index is 0. The number of hydrogen-bond donors (Lipinski definition) is 1. The number of nitrogens with one attached hydrogen (secondary N) is 1. The van der Waals surface area contributed by atoms with E-state index in [0.717, 1.165) is 76.2 Å². The van der Waals surface area contributed by atoms with E-state index in [4.69, 9.17) is 26.1 Å². The molecule has 6 rings (SSSR count). The second-order valence-corrected chi connectivity index (χ2v) is 8.18. The molecule has 2 aromatic carbocycles. The van der Waals surface area contributed by atoms with E-state index in [1.54, 1.807) is 6.33 Å². The Morgan fingerprint density at radius 1 is 1.00 bits per heavy atom. The summed E-state index contributed by atoms with van der Waals surface area (Å²) in [4.78, 5) is 13.4. The van der Waals surface area contributed by atoms with Crippen molar-refractivity contribution in [3.05, 3.63) is 54.4 Å². The van der Waals surface area contributed by atoms with E-state index < -0.39 is 0 Å². The van der Waals surface area contributed by atoms with Crippen LogP contribution < -0.4 is 19.7 Å². The summed E-state index contributed by atoms with van der Waals surface area (Å²) in [5, 5.41) is 5.12. The molecule has 0 aliphatic carbocycles. The first-order chi connectivity index (χ1) is 15.8. The molecule has 4 heterocycles. The zero-order valence-corrected chi connectivity index (χ0v) is 20.2. The molecule has 4 aromatic rings. The molecule has 0 atom stereocenters. The van der Waals surface area contributed by atoms with Gasteiger partial charge in [0.05, 0.1) is 0 Å². The molecule has 2 aliphatic heterocycles. The molecule has 8 nitrogen and oxygen atoms in total. The molecule has 2 aromatic heterocycles. The van der Waals surface area contributed by atoms with Crippen LogP contribution in [0.25, 0.3) is 22.1 Å². The minimum absolute atomic E-state index is 0. The number of para-hydroxylation sites is 1. The van der Waals surface area contributed by atoms with Gasteiger partial charge in [0.1, 0.15) is 17.4 Å².